The summed E-state index contributed by atoms with van der Waals surface area (Å²) in [5.41, 5.74) is 2.55. The second-order valence-electron chi connectivity index (χ2n) is 4.79. The maximum atomic E-state index is 9.29. The van der Waals surface area contributed by atoms with E-state index in [9.17, 15) is 5.11 Å². The van der Waals surface area contributed by atoms with Gasteiger partial charge in [0.05, 0.1) is 12.7 Å². The van der Waals surface area contributed by atoms with E-state index in [4.69, 9.17) is 5.11 Å². The Morgan fingerprint density at radius 1 is 1.22 bits per heavy atom. The maximum absolute atomic E-state index is 9.29. The minimum absolute atomic E-state index is 0.194. The molecule has 0 aliphatic carbocycles. The van der Waals surface area contributed by atoms with E-state index in [1.54, 1.807) is 0 Å². The van der Waals surface area contributed by atoms with Crippen molar-refractivity contribution < 1.29 is 10.2 Å². The van der Waals surface area contributed by atoms with E-state index >= 15 is 0 Å². The Kier molecular flexibility index (Phi) is 4.99. The van der Waals surface area contributed by atoms with E-state index < -0.39 is 6.10 Å². The van der Waals surface area contributed by atoms with Gasteiger partial charge in [0.25, 0.3) is 0 Å². The number of rotatable bonds is 6. The van der Waals surface area contributed by atoms with Crippen molar-refractivity contribution in [3.63, 3.8) is 0 Å². The molecule has 3 N–H and O–H groups in total. The summed E-state index contributed by atoms with van der Waals surface area (Å²) >= 11 is 0. The first-order chi connectivity index (χ1) is 8.81. The summed E-state index contributed by atoms with van der Waals surface area (Å²) in [5.74, 6) is 0. The highest BCUT2D eigenvalue weighted by molar-refractivity contribution is 5.54. The molecule has 18 heavy (non-hydrogen) atoms. The molecule has 1 aromatic carbocycles. The van der Waals surface area contributed by atoms with Crippen LogP contribution in [0.25, 0.3) is 0 Å². The summed E-state index contributed by atoms with van der Waals surface area (Å²) < 4.78 is 0. The van der Waals surface area contributed by atoms with Crippen LogP contribution in [0.3, 0.4) is 0 Å². The van der Waals surface area contributed by atoms with Crippen LogP contribution < -0.4 is 10.2 Å². The first-order valence-corrected chi connectivity index (χ1v) is 6.63. The predicted molar refractivity (Wildman–Crippen MR) is 72.7 cm³/mol. The quantitative estimate of drug-likeness (QED) is 0.697. The molecule has 1 saturated heterocycles. The zero-order chi connectivity index (χ0) is 12.8. The molecule has 0 saturated carbocycles. The van der Waals surface area contributed by atoms with Gasteiger partial charge in [0.2, 0.25) is 0 Å². The van der Waals surface area contributed by atoms with Gasteiger partial charge in [-0.05, 0) is 24.5 Å². The highest BCUT2D eigenvalue weighted by atomic mass is 16.3. The van der Waals surface area contributed by atoms with E-state index in [0.29, 0.717) is 6.54 Å². The number of aliphatic hydroxyl groups is 2. The third-order valence-corrected chi connectivity index (χ3v) is 3.34. The van der Waals surface area contributed by atoms with Crippen LogP contribution in [0.2, 0.25) is 0 Å². The minimum atomic E-state index is -0.677. The fourth-order valence-corrected chi connectivity index (χ4v) is 2.36. The van der Waals surface area contributed by atoms with Gasteiger partial charge < -0.3 is 20.4 Å². The van der Waals surface area contributed by atoms with Gasteiger partial charge in [-0.2, -0.15) is 0 Å². The molecular weight excluding hydrogens is 228 g/mol. The van der Waals surface area contributed by atoms with Gasteiger partial charge in [0.15, 0.2) is 0 Å². The fraction of sp³-hybridized carbons (Fsp3) is 0.571. The topological polar surface area (TPSA) is 55.7 Å². The number of hydrogen-bond acceptors (Lipinski definition) is 4. The molecule has 1 aliphatic rings. The molecule has 1 unspecified atom stereocenters. The summed E-state index contributed by atoms with van der Waals surface area (Å²) in [6, 6.07) is 8.38. The van der Waals surface area contributed by atoms with Crippen LogP contribution >= 0.6 is 0 Å². The molecule has 1 heterocycles. The van der Waals surface area contributed by atoms with Crippen molar-refractivity contribution in [1.82, 2.24) is 5.32 Å². The van der Waals surface area contributed by atoms with Gasteiger partial charge in [0.1, 0.15) is 0 Å². The average molecular weight is 250 g/mol. The lowest BCUT2D eigenvalue weighted by Crippen LogP contribution is -2.29. The number of nitrogens with zero attached hydrogens (tertiary/aromatic N) is 1. The Balaban J connectivity index is 1.94. The predicted octanol–water partition coefficient (Wildman–Crippen LogP) is 0.730. The Morgan fingerprint density at radius 2 is 1.94 bits per heavy atom. The van der Waals surface area contributed by atoms with Crippen molar-refractivity contribution in [2.24, 2.45) is 0 Å². The number of benzene rings is 1. The fourth-order valence-electron chi connectivity index (χ4n) is 2.36. The summed E-state index contributed by atoms with van der Waals surface area (Å²) in [7, 11) is 0. The number of para-hydroxylation sites is 1. The van der Waals surface area contributed by atoms with Gasteiger partial charge >= 0.3 is 0 Å². The molecule has 4 heteroatoms. The minimum Gasteiger partial charge on any atom is -0.394 e. The second-order valence-corrected chi connectivity index (χ2v) is 4.79. The van der Waals surface area contributed by atoms with Crippen LogP contribution in [0.5, 0.6) is 0 Å². The summed E-state index contributed by atoms with van der Waals surface area (Å²) in [4.78, 5) is 2.42. The molecular formula is C14H22N2O2. The van der Waals surface area contributed by atoms with E-state index in [1.807, 2.05) is 6.07 Å². The van der Waals surface area contributed by atoms with Crippen LogP contribution in [0, 0.1) is 0 Å². The van der Waals surface area contributed by atoms with E-state index in [0.717, 1.165) is 19.6 Å². The molecule has 1 atom stereocenters. The zero-order valence-corrected chi connectivity index (χ0v) is 10.7. The highest BCUT2D eigenvalue weighted by Crippen LogP contribution is 2.24. The molecule has 100 valence electrons. The van der Waals surface area contributed by atoms with Gasteiger partial charge in [0, 0.05) is 31.9 Å². The monoisotopic (exact) mass is 250 g/mol. The van der Waals surface area contributed by atoms with Crippen molar-refractivity contribution in [1.29, 1.82) is 0 Å². The first kappa shape index (κ1) is 13.3. The van der Waals surface area contributed by atoms with Gasteiger partial charge in [-0.3, -0.25) is 0 Å². The number of anilines is 1. The van der Waals surface area contributed by atoms with E-state index in [-0.39, 0.29) is 6.61 Å². The lowest BCUT2D eigenvalue weighted by atomic mass is 10.1. The first-order valence-electron chi connectivity index (χ1n) is 6.63. The van der Waals surface area contributed by atoms with Gasteiger partial charge in [-0.25, -0.2) is 0 Å². The average Bonchev–Trinajstić information content (AvgIpc) is 2.93. The normalized spacial score (nSPS) is 17.1. The van der Waals surface area contributed by atoms with Crippen molar-refractivity contribution in [2.75, 3.05) is 31.1 Å². The Morgan fingerprint density at radius 3 is 2.67 bits per heavy atom. The Bertz CT molecular complexity index is 365. The molecule has 0 bridgehead atoms. The van der Waals surface area contributed by atoms with E-state index in [1.165, 1.54) is 24.1 Å². The standard InChI is InChI=1S/C14H22N2O2/c17-11-13(18)10-15-9-12-5-1-2-6-14(12)16-7-3-4-8-16/h1-2,5-6,13,15,17-18H,3-4,7-11H2. The second kappa shape index (κ2) is 6.73. The summed E-state index contributed by atoms with van der Waals surface area (Å²) in [6.07, 6.45) is 1.86. The summed E-state index contributed by atoms with van der Waals surface area (Å²) in [6.45, 7) is 3.22. The largest absolute Gasteiger partial charge is 0.394 e. The lowest BCUT2D eigenvalue weighted by Gasteiger charge is -2.21. The number of nitrogens with one attached hydrogen (secondary N) is 1. The Hall–Kier alpha value is -1.10. The SMILES string of the molecule is OCC(O)CNCc1ccccc1N1CCCC1. The number of hydrogen-bond donors (Lipinski definition) is 3. The van der Waals surface area contributed by atoms with Crippen LogP contribution in [0.1, 0.15) is 18.4 Å². The van der Waals surface area contributed by atoms with Crippen molar-refractivity contribution in [2.45, 2.75) is 25.5 Å². The molecule has 2 rings (SSSR count). The molecule has 4 nitrogen and oxygen atoms in total. The van der Waals surface area contributed by atoms with E-state index in [2.05, 4.69) is 28.4 Å². The van der Waals surface area contributed by atoms with Crippen molar-refractivity contribution in [3.8, 4) is 0 Å². The molecule has 0 aromatic heterocycles. The van der Waals surface area contributed by atoms with Crippen molar-refractivity contribution in [3.05, 3.63) is 29.8 Å². The lowest BCUT2D eigenvalue weighted by molar-refractivity contribution is 0.0942. The molecule has 1 aromatic rings. The zero-order valence-electron chi connectivity index (χ0n) is 10.7. The van der Waals surface area contributed by atoms with Gasteiger partial charge in [-0.1, -0.05) is 18.2 Å². The maximum Gasteiger partial charge on any atom is 0.0895 e. The molecule has 0 spiro atoms. The Labute approximate surface area is 108 Å². The molecule has 0 amide bonds. The van der Waals surface area contributed by atoms with Gasteiger partial charge in [-0.15, -0.1) is 0 Å². The van der Waals surface area contributed by atoms with Crippen molar-refractivity contribution >= 4 is 5.69 Å². The van der Waals surface area contributed by atoms with Crippen LogP contribution in [0.15, 0.2) is 24.3 Å². The third-order valence-electron chi connectivity index (χ3n) is 3.34. The molecule has 1 aliphatic heterocycles. The highest BCUT2D eigenvalue weighted by Gasteiger charge is 2.15. The smallest absolute Gasteiger partial charge is 0.0895 e. The van der Waals surface area contributed by atoms with Crippen LogP contribution in [-0.2, 0) is 6.54 Å². The number of aliphatic hydroxyl groups excluding tert-OH is 2. The van der Waals surface area contributed by atoms with Crippen LogP contribution in [0.4, 0.5) is 5.69 Å². The third kappa shape index (κ3) is 3.45. The molecule has 1 fully saturated rings. The molecule has 0 radical (unpaired) electrons. The van der Waals surface area contributed by atoms with Crippen LogP contribution in [-0.4, -0.2) is 42.6 Å². The summed E-state index contributed by atoms with van der Waals surface area (Å²) in [5, 5.41) is 21.2.